The maximum Gasteiger partial charge on any atom is 0.246 e. The van der Waals surface area contributed by atoms with E-state index in [1.807, 2.05) is 12.1 Å². The van der Waals surface area contributed by atoms with Crippen molar-refractivity contribution in [2.75, 3.05) is 33.5 Å². The molecule has 0 radical (unpaired) electrons. The molecular weight excluding hydrogens is 384 g/mol. The molecule has 1 unspecified atom stereocenters. The molecule has 28 heavy (non-hydrogen) atoms. The highest BCUT2D eigenvalue weighted by molar-refractivity contribution is 7.88. The number of hydrogen-bond donors (Lipinski definition) is 0. The normalized spacial score (nSPS) is 18.0. The summed E-state index contributed by atoms with van der Waals surface area (Å²) < 4.78 is 35.3. The van der Waals surface area contributed by atoms with Crippen LogP contribution in [0.15, 0.2) is 28.8 Å². The molecule has 3 rings (SSSR count). The summed E-state index contributed by atoms with van der Waals surface area (Å²) in [6, 6.07) is 7.25. The largest absolute Gasteiger partial charge is 0.497 e. The van der Waals surface area contributed by atoms with Crippen LogP contribution in [-0.2, 0) is 21.4 Å². The summed E-state index contributed by atoms with van der Waals surface area (Å²) >= 11 is 0. The number of methoxy groups -OCH3 is 1. The van der Waals surface area contributed by atoms with Gasteiger partial charge in [-0.3, -0.25) is 4.79 Å². The topological polar surface area (TPSA) is 106 Å². The molecule has 9 nitrogen and oxygen atoms in total. The lowest BCUT2D eigenvalue weighted by Crippen LogP contribution is -2.45. The van der Waals surface area contributed by atoms with Gasteiger partial charge in [-0.05, 0) is 37.1 Å². The molecule has 1 aliphatic rings. The first-order chi connectivity index (χ1) is 13.3. The fraction of sp³-hybridized carbons (Fsp3) is 0.500. The second-order valence-corrected chi connectivity index (χ2v) is 8.88. The van der Waals surface area contributed by atoms with Gasteiger partial charge in [0, 0.05) is 25.7 Å². The van der Waals surface area contributed by atoms with Gasteiger partial charge in [-0.2, -0.15) is 4.98 Å². The summed E-state index contributed by atoms with van der Waals surface area (Å²) in [5.74, 6) is 0.986. The Hall–Kier alpha value is -2.46. The number of amides is 1. The third-order valence-electron chi connectivity index (χ3n) is 4.77. The van der Waals surface area contributed by atoms with Crippen molar-refractivity contribution in [3.8, 4) is 17.1 Å². The van der Waals surface area contributed by atoms with Crippen molar-refractivity contribution in [2.45, 2.75) is 19.4 Å². The highest BCUT2D eigenvalue weighted by Gasteiger charge is 2.32. The molecule has 1 aliphatic heterocycles. The predicted molar refractivity (Wildman–Crippen MR) is 102 cm³/mol. The van der Waals surface area contributed by atoms with E-state index in [9.17, 15) is 13.2 Å². The molecule has 1 amide bonds. The van der Waals surface area contributed by atoms with Crippen LogP contribution in [0.1, 0.15) is 18.7 Å². The number of hydrogen-bond acceptors (Lipinski definition) is 7. The number of sulfonamides is 1. The Labute approximate surface area is 164 Å². The number of rotatable bonds is 6. The molecule has 1 saturated heterocycles. The van der Waals surface area contributed by atoms with Crippen LogP contribution >= 0.6 is 0 Å². The molecule has 2 aromatic rings. The number of nitrogens with zero attached hydrogens (tertiary/aromatic N) is 4. The minimum Gasteiger partial charge on any atom is -0.497 e. The Morgan fingerprint density at radius 3 is 2.71 bits per heavy atom. The average Bonchev–Trinajstić information content (AvgIpc) is 3.15. The van der Waals surface area contributed by atoms with Gasteiger partial charge in [0.1, 0.15) is 5.75 Å². The predicted octanol–water partition coefficient (Wildman–Crippen LogP) is 1.38. The Bertz CT molecular complexity index is 926. The van der Waals surface area contributed by atoms with Crippen LogP contribution in [0.2, 0.25) is 0 Å². The molecule has 10 heteroatoms. The van der Waals surface area contributed by atoms with Crippen molar-refractivity contribution in [1.29, 1.82) is 0 Å². The summed E-state index contributed by atoms with van der Waals surface area (Å²) in [7, 11) is -0.0517. The van der Waals surface area contributed by atoms with E-state index in [4.69, 9.17) is 9.26 Å². The lowest BCUT2D eigenvalue weighted by atomic mass is 9.98. The fourth-order valence-electron chi connectivity index (χ4n) is 3.21. The molecule has 0 N–H and O–H groups in total. The first kappa shape index (κ1) is 20.3. The second-order valence-electron chi connectivity index (χ2n) is 6.89. The van der Waals surface area contributed by atoms with Crippen molar-refractivity contribution in [2.24, 2.45) is 5.92 Å². The van der Waals surface area contributed by atoms with Gasteiger partial charge < -0.3 is 14.2 Å². The molecule has 0 aliphatic carbocycles. The van der Waals surface area contributed by atoms with Crippen molar-refractivity contribution in [3.63, 3.8) is 0 Å². The maximum atomic E-state index is 12.7. The van der Waals surface area contributed by atoms with Crippen LogP contribution in [0.25, 0.3) is 11.4 Å². The summed E-state index contributed by atoms with van der Waals surface area (Å²) in [5, 5.41) is 3.96. The molecule has 152 valence electrons. The van der Waals surface area contributed by atoms with E-state index in [2.05, 4.69) is 10.1 Å². The molecule has 0 bridgehead atoms. The van der Waals surface area contributed by atoms with Gasteiger partial charge in [-0.1, -0.05) is 5.16 Å². The average molecular weight is 408 g/mol. The molecule has 1 aromatic heterocycles. The SMILES string of the molecule is COc1ccc(-c2noc(CN(C)C(=O)C3CCCN(S(C)(=O)=O)C3)n2)cc1. The van der Waals surface area contributed by atoms with Crippen LogP contribution in [0.3, 0.4) is 0 Å². The summed E-state index contributed by atoms with van der Waals surface area (Å²) in [4.78, 5) is 18.6. The van der Waals surface area contributed by atoms with Crippen molar-refractivity contribution < 1.29 is 22.5 Å². The van der Waals surface area contributed by atoms with Gasteiger partial charge >= 0.3 is 0 Å². The standard InChI is InChI=1S/C18H24N4O5S/c1-21(18(23)14-5-4-10-22(11-14)28(3,24)25)12-16-19-17(20-27-16)13-6-8-15(26-2)9-7-13/h6-9,14H,4-5,10-12H2,1-3H3. The first-order valence-electron chi connectivity index (χ1n) is 8.95. The van der Waals surface area contributed by atoms with Crippen molar-refractivity contribution in [3.05, 3.63) is 30.2 Å². The number of benzene rings is 1. The van der Waals surface area contributed by atoms with Crippen molar-refractivity contribution in [1.82, 2.24) is 19.3 Å². The smallest absolute Gasteiger partial charge is 0.246 e. The Balaban J connectivity index is 1.63. The van der Waals surface area contributed by atoms with Gasteiger partial charge in [0.05, 0.1) is 25.8 Å². The van der Waals surface area contributed by atoms with Gasteiger partial charge in [0.15, 0.2) is 0 Å². The zero-order valence-corrected chi connectivity index (χ0v) is 17.0. The van der Waals surface area contributed by atoms with Crippen LogP contribution in [0.4, 0.5) is 0 Å². The molecule has 1 fully saturated rings. The minimum atomic E-state index is -3.30. The summed E-state index contributed by atoms with van der Waals surface area (Å²) in [5.41, 5.74) is 0.779. The quantitative estimate of drug-likeness (QED) is 0.711. The molecular formula is C18H24N4O5S. The van der Waals surface area contributed by atoms with E-state index >= 15 is 0 Å². The number of carbonyl (C=O) groups is 1. The van der Waals surface area contributed by atoms with Crippen LogP contribution < -0.4 is 4.74 Å². The van der Waals surface area contributed by atoms with E-state index in [1.165, 1.54) is 15.5 Å². The zero-order chi connectivity index (χ0) is 20.3. The third-order valence-corrected chi connectivity index (χ3v) is 6.04. The van der Waals surface area contributed by atoms with Gasteiger partial charge in [0.25, 0.3) is 0 Å². The van der Waals surface area contributed by atoms with Gasteiger partial charge in [0.2, 0.25) is 27.6 Å². The Morgan fingerprint density at radius 1 is 1.36 bits per heavy atom. The van der Waals surface area contributed by atoms with E-state index in [0.717, 1.165) is 11.3 Å². The number of aromatic nitrogens is 2. The summed E-state index contributed by atoms with van der Waals surface area (Å²) in [6.07, 6.45) is 2.50. The lowest BCUT2D eigenvalue weighted by Gasteiger charge is -2.32. The molecule has 1 aromatic carbocycles. The van der Waals surface area contributed by atoms with Gasteiger partial charge in [-0.15, -0.1) is 0 Å². The number of carbonyl (C=O) groups excluding carboxylic acids is 1. The highest BCUT2D eigenvalue weighted by Crippen LogP contribution is 2.22. The van der Waals surface area contributed by atoms with Crippen LogP contribution in [-0.4, -0.2) is 67.2 Å². The monoisotopic (exact) mass is 408 g/mol. The molecule has 1 atom stereocenters. The Morgan fingerprint density at radius 2 is 2.07 bits per heavy atom. The lowest BCUT2D eigenvalue weighted by molar-refractivity contribution is -0.136. The number of piperidine rings is 1. The van der Waals surface area contributed by atoms with Gasteiger partial charge in [-0.25, -0.2) is 12.7 Å². The Kier molecular flexibility index (Phi) is 5.99. The molecule has 0 spiro atoms. The van der Waals surface area contributed by atoms with E-state index in [1.54, 1.807) is 26.3 Å². The molecule has 2 heterocycles. The van der Waals surface area contributed by atoms with E-state index < -0.39 is 10.0 Å². The fourth-order valence-corrected chi connectivity index (χ4v) is 4.13. The van der Waals surface area contributed by atoms with Crippen LogP contribution in [0.5, 0.6) is 5.75 Å². The third kappa shape index (κ3) is 4.68. The number of ether oxygens (including phenoxy) is 1. The maximum absolute atomic E-state index is 12.7. The van der Waals surface area contributed by atoms with Crippen molar-refractivity contribution >= 4 is 15.9 Å². The summed E-state index contributed by atoms with van der Waals surface area (Å²) in [6.45, 7) is 0.835. The molecule has 0 saturated carbocycles. The minimum absolute atomic E-state index is 0.127. The van der Waals surface area contributed by atoms with E-state index in [-0.39, 0.29) is 24.9 Å². The highest BCUT2D eigenvalue weighted by atomic mass is 32.2. The van der Waals surface area contributed by atoms with E-state index in [0.29, 0.717) is 31.1 Å². The van der Waals surface area contributed by atoms with Crippen LogP contribution in [0, 0.1) is 5.92 Å². The zero-order valence-electron chi connectivity index (χ0n) is 16.2. The first-order valence-corrected chi connectivity index (χ1v) is 10.8. The second kappa shape index (κ2) is 8.27.